The molecule has 0 heterocycles. The van der Waals surface area contributed by atoms with Gasteiger partial charge in [-0.25, -0.2) is 0 Å². The number of rotatable bonds is 7. The SMILES string of the molecule is CCOc1cccc(Oc2cccc(C(CC)NC)c2)c1. The molecule has 1 N–H and O–H groups in total. The zero-order valence-corrected chi connectivity index (χ0v) is 12.9. The second-order valence-corrected chi connectivity index (χ2v) is 4.83. The fourth-order valence-corrected chi connectivity index (χ4v) is 2.33. The molecule has 1 unspecified atom stereocenters. The van der Waals surface area contributed by atoms with Crippen LogP contribution in [0, 0.1) is 0 Å². The third-order valence-corrected chi connectivity index (χ3v) is 3.37. The predicted molar refractivity (Wildman–Crippen MR) is 86.2 cm³/mol. The van der Waals surface area contributed by atoms with Crippen LogP contribution in [0.5, 0.6) is 17.2 Å². The van der Waals surface area contributed by atoms with E-state index in [4.69, 9.17) is 9.47 Å². The Hall–Kier alpha value is -2.00. The first-order valence-corrected chi connectivity index (χ1v) is 7.44. The van der Waals surface area contributed by atoms with E-state index in [-0.39, 0.29) is 0 Å². The molecule has 0 fully saturated rings. The van der Waals surface area contributed by atoms with Gasteiger partial charge in [-0.05, 0) is 50.2 Å². The summed E-state index contributed by atoms with van der Waals surface area (Å²) in [6, 6.07) is 16.3. The van der Waals surface area contributed by atoms with Crippen LogP contribution in [0.15, 0.2) is 48.5 Å². The summed E-state index contributed by atoms with van der Waals surface area (Å²) >= 11 is 0. The molecule has 0 aliphatic rings. The minimum absolute atomic E-state index is 0.350. The van der Waals surface area contributed by atoms with Gasteiger partial charge in [0.1, 0.15) is 17.2 Å². The van der Waals surface area contributed by atoms with Crippen LogP contribution in [-0.2, 0) is 0 Å². The summed E-state index contributed by atoms with van der Waals surface area (Å²) in [7, 11) is 1.98. The molecule has 0 aliphatic heterocycles. The highest BCUT2D eigenvalue weighted by atomic mass is 16.5. The molecule has 3 nitrogen and oxygen atoms in total. The highest BCUT2D eigenvalue weighted by molar-refractivity contribution is 5.38. The van der Waals surface area contributed by atoms with Crippen molar-refractivity contribution in [2.75, 3.05) is 13.7 Å². The Morgan fingerprint density at radius 1 is 0.952 bits per heavy atom. The van der Waals surface area contributed by atoms with Crippen LogP contribution in [-0.4, -0.2) is 13.7 Å². The lowest BCUT2D eigenvalue weighted by atomic mass is 10.0. The predicted octanol–water partition coefficient (Wildman–Crippen LogP) is 4.55. The highest BCUT2D eigenvalue weighted by Crippen LogP contribution is 2.27. The van der Waals surface area contributed by atoms with Gasteiger partial charge in [0, 0.05) is 12.1 Å². The minimum atomic E-state index is 0.350. The van der Waals surface area contributed by atoms with Crippen molar-refractivity contribution in [3.8, 4) is 17.2 Å². The van der Waals surface area contributed by atoms with E-state index in [1.165, 1.54) is 5.56 Å². The Morgan fingerprint density at radius 2 is 1.62 bits per heavy atom. The van der Waals surface area contributed by atoms with Gasteiger partial charge in [0.05, 0.1) is 6.61 Å². The Balaban J connectivity index is 2.16. The van der Waals surface area contributed by atoms with Gasteiger partial charge in [-0.1, -0.05) is 25.1 Å². The molecule has 0 bridgehead atoms. The van der Waals surface area contributed by atoms with Crippen molar-refractivity contribution in [3.63, 3.8) is 0 Å². The molecule has 0 spiro atoms. The number of hydrogen-bond acceptors (Lipinski definition) is 3. The van der Waals surface area contributed by atoms with Crippen molar-refractivity contribution in [3.05, 3.63) is 54.1 Å². The van der Waals surface area contributed by atoms with Crippen molar-refractivity contribution in [2.45, 2.75) is 26.3 Å². The van der Waals surface area contributed by atoms with E-state index >= 15 is 0 Å². The first-order chi connectivity index (χ1) is 10.3. The largest absolute Gasteiger partial charge is 0.494 e. The van der Waals surface area contributed by atoms with E-state index in [0.717, 1.165) is 23.7 Å². The van der Waals surface area contributed by atoms with Crippen LogP contribution in [0.3, 0.4) is 0 Å². The molecule has 0 radical (unpaired) electrons. The monoisotopic (exact) mass is 285 g/mol. The molecule has 112 valence electrons. The number of nitrogens with one attached hydrogen (secondary N) is 1. The Labute approximate surface area is 126 Å². The topological polar surface area (TPSA) is 30.5 Å². The van der Waals surface area contributed by atoms with Gasteiger partial charge in [0.2, 0.25) is 0 Å². The molecule has 0 saturated carbocycles. The summed E-state index contributed by atoms with van der Waals surface area (Å²) in [6.45, 7) is 4.79. The number of hydrogen-bond donors (Lipinski definition) is 1. The van der Waals surface area contributed by atoms with Crippen LogP contribution in [0.25, 0.3) is 0 Å². The lowest BCUT2D eigenvalue weighted by Crippen LogP contribution is -2.14. The fourth-order valence-electron chi connectivity index (χ4n) is 2.33. The summed E-state index contributed by atoms with van der Waals surface area (Å²) in [5.41, 5.74) is 1.23. The molecule has 0 amide bonds. The molecule has 3 heteroatoms. The molecular formula is C18H23NO2. The maximum absolute atomic E-state index is 5.94. The average Bonchev–Trinajstić information content (AvgIpc) is 2.50. The molecule has 2 aromatic carbocycles. The normalized spacial score (nSPS) is 12.0. The molecule has 1 atom stereocenters. The second kappa shape index (κ2) is 7.70. The van der Waals surface area contributed by atoms with E-state index in [0.29, 0.717) is 12.6 Å². The fraction of sp³-hybridized carbons (Fsp3) is 0.333. The van der Waals surface area contributed by atoms with Crippen molar-refractivity contribution in [1.29, 1.82) is 0 Å². The third kappa shape index (κ3) is 4.23. The standard InChI is InChI=1S/C18H23NO2/c1-4-18(19-3)14-8-6-10-16(12-14)21-17-11-7-9-15(13-17)20-5-2/h6-13,18-19H,4-5H2,1-3H3. The van der Waals surface area contributed by atoms with Crippen molar-refractivity contribution in [2.24, 2.45) is 0 Å². The molecule has 0 saturated heterocycles. The first-order valence-electron chi connectivity index (χ1n) is 7.44. The summed E-state index contributed by atoms with van der Waals surface area (Å²) < 4.78 is 11.4. The van der Waals surface area contributed by atoms with Crippen LogP contribution >= 0.6 is 0 Å². The van der Waals surface area contributed by atoms with Crippen LogP contribution in [0.4, 0.5) is 0 Å². The van der Waals surface area contributed by atoms with Gasteiger partial charge in [-0.3, -0.25) is 0 Å². The summed E-state index contributed by atoms with van der Waals surface area (Å²) in [4.78, 5) is 0. The van der Waals surface area contributed by atoms with Gasteiger partial charge < -0.3 is 14.8 Å². The second-order valence-electron chi connectivity index (χ2n) is 4.83. The molecule has 21 heavy (non-hydrogen) atoms. The van der Waals surface area contributed by atoms with Crippen LogP contribution in [0.2, 0.25) is 0 Å². The molecule has 0 aliphatic carbocycles. The van der Waals surface area contributed by atoms with Crippen molar-refractivity contribution >= 4 is 0 Å². The van der Waals surface area contributed by atoms with Crippen LogP contribution in [0.1, 0.15) is 31.9 Å². The van der Waals surface area contributed by atoms with Crippen molar-refractivity contribution in [1.82, 2.24) is 5.32 Å². The minimum Gasteiger partial charge on any atom is -0.494 e. The molecule has 2 aromatic rings. The van der Waals surface area contributed by atoms with Gasteiger partial charge in [0.15, 0.2) is 0 Å². The van der Waals surface area contributed by atoms with Crippen molar-refractivity contribution < 1.29 is 9.47 Å². The van der Waals surface area contributed by atoms with E-state index < -0.39 is 0 Å². The number of benzene rings is 2. The number of ether oxygens (including phenoxy) is 2. The smallest absolute Gasteiger partial charge is 0.131 e. The van der Waals surface area contributed by atoms with Gasteiger partial charge in [0.25, 0.3) is 0 Å². The van der Waals surface area contributed by atoms with E-state index in [1.54, 1.807) is 0 Å². The van der Waals surface area contributed by atoms with E-state index in [1.807, 2.05) is 50.4 Å². The zero-order valence-electron chi connectivity index (χ0n) is 12.9. The maximum Gasteiger partial charge on any atom is 0.131 e. The van der Waals surface area contributed by atoms with E-state index in [9.17, 15) is 0 Å². The average molecular weight is 285 g/mol. The quantitative estimate of drug-likeness (QED) is 0.809. The zero-order chi connectivity index (χ0) is 15.1. The lowest BCUT2D eigenvalue weighted by molar-refractivity contribution is 0.338. The maximum atomic E-state index is 5.94. The third-order valence-electron chi connectivity index (χ3n) is 3.37. The Bertz CT molecular complexity index is 565. The van der Waals surface area contributed by atoms with Crippen LogP contribution < -0.4 is 14.8 Å². The van der Waals surface area contributed by atoms with E-state index in [2.05, 4.69) is 24.4 Å². The van der Waals surface area contributed by atoms with Gasteiger partial charge in [-0.2, -0.15) is 0 Å². The summed E-state index contributed by atoms with van der Waals surface area (Å²) in [5, 5.41) is 3.31. The summed E-state index contributed by atoms with van der Waals surface area (Å²) in [6.07, 6.45) is 1.04. The van der Waals surface area contributed by atoms with Gasteiger partial charge in [-0.15, -0.1) is 0 Å². The highest BCUT2D eigenvalue weighted by Gasteiger charge is 2.08. The molecular weight excluding hydrogens is 262 g/mol. The van der Waals surface area contributed by atoms with Gasteiger partial charge >= 0.3 is 0 Å². The Kier molecular flexibility index (Phi) is 5.64. The summed E-state index contributed by atoms with van der Waals surface area (Å²) in [5.74, 6) is 2.46. The first kappa shape index (κ1) is 15.4. The molecule has 2 rings (SSSR count). The Morgan fingerprint density at radius 3 is 2.29 bits per heavy atom. The molecule has 0 aromatic heterocycles. The lowest BCUT2D eigenvalue weighted by Gasteiger charge is -2.15.